The van der Waals surface area contributed by atoms with Gasteiger partial charge in [0.05, 0.1) is 6.61 Å². The predicted molar refractivity (Wildman–Crippen MR) is 178 cm³/mol. The predicted octanol–water partition coefficient (Wildman–Crippen LogP) is 6.57. The van der Waals surface area contributed by atoms with Gasteiger partial charge in [0.1, 0.15) is 18.2 Å². The van der Waals surface area contributed by atoms with Crippen LogP contribution in [0, 0.1) is 13.8 Å². The van der Waals surface area contributed by atoms with E-state index in [1.54, 1.807) is 43.9 Å². The third kappa shape index (κ3) is 8.05. The van der Waals surface area contributed by atoms with Gasteiger partial charge in [-0.25, -0.2) is 0 Å². The summed E-state index contributed by atoms with van der Waals surface area (Å²) in [4.78, 5) is 47.1. The van der Waals surface area contributed by atoms with Crippen LogP contribution in [-0.4, -0.2) is 33.5 Å². The standard InChI is InChI=1S/C20H20F3NO3.C17H16ClNO2/c1-12-5-15(9-24(2)19(12)26)14-6-13-3-4-17(25)8-18(13)16(7-14)10-27-11-20(21,22)23;1-10-5-13(9-19(2)17(10)21)12-6-11-3-4-14(20)8-15(11)16(18)7-12/h5-7,9H,3-4,8,10-11H2,1-2H3;5-7,9H,3-4,8H2,1-2H3. The van der Waals surface area contributed by atoms with E-state index in [0.29, 0.717) is 47.4 Å². The molecule has 0 bridgehead atoms. The van der Waals surface area contributed by atoms with Crippen LogP contribution < -0.4 is 11.1 Å². The largest absolute Gasteiger partial charge is 0.411 e. The Kier molecular flexibility index (Phi) is 10.3. The van der Waals surface area contributed by atoms with Crippen LogP contribution >= 0.6 is 11.6 Å². The fraction of sp³-hybridized carbons (Fsp3) is 0.351. The Bertz CT molecular complexity index is 1990. The Labute approximate surface area is 280 Å². The molecule has 0 aliphatic heterocycles. The first-order chi connectivity index (χ1) is 22.6. The first-order valence-electron chi connectivity index (χ1n) is 15.6. The van der Waals surface area contributed by atoms with Gasteiger partial charge in [-0.3, -0.25) is 19.2 Å². The lowest BCUT2D eigenvalue weighted by atomic mass is 9.85. The SMILES string of the molecule is Cc1cc(-c2cc(Cl)c3c(c2)CCC(=O)C3)cn(C)c1=O.Cc1cc(-c2cc3c(c(COCC(F)(F)F)c2)CC(=O)CC3)cn(C)c1=O. The van der Waals surface area contributed by atoms with Crippen molar-refractivity contribution in [3.63, 3.8) is 0 Å². The minimum Gasteiger partial charge on any atom is -0.367 e. The summed E-state index contributed by atoms with van der Waals surface area (Å²) in [5, 5.41) is 0.641. The molecule has 252 valence electrons. The second-order valence-corrected chi connectivity index (χ2v) is 13.0. The van der Waals surface area contributed by atoms with Crippen molar-refractivity contribution in [2.75, 3.05) is 6.61 Å². The summed E-state index contributed by atoms with van der Waals surface area (Å²) in [6.07, 6.45) is 2.07. The number of rotatable bonds is 5. The van der Waals surface area contributed by atoms with Crippen LogP contribution in [0.15, 0.2) is 58.4 Å². The summed E-state index contributed by atoms with van der Waals surface area (Å²) in [6.45, 7) is 1.98. The van der Waals surface area contributed by atoms with E-state index in [0.717, 1.165) is 50.9 Å². The summed E-state index contributed by atoms with van der Waals surface area (Å²) in [5.74, 6) is 0.320. The van der Waals surface area contributed by atoms with E-state index >= 15 is 0 Å². The summed E-state index contributed by atoms with van der Waals surface area (Å²) in [7, 11) is 3.40. The van der Waals surface area contributed by atoms with Crippen LogP contribution in [-0.2, 0) is 60.7 Å². The normalized spacial score (nSPS) is 14.2. The maximum absolute atomic E-state index is 12.4. The van der Waals surface area contributed by atoms with Gasteiger partial charge < -0.3 is 13.9 Å². The Morgan fingerprint density at radius 2 is 1.17 bits per heavy atom. The first-order valence-corrected chi connectivity index (χ1v) is 16.0. The molecule has 0 atom stereocenters. The highest BCUT2D eigenvalue weighted by molar-refractivity contribution is 6.32. The second kappa shape index (κ2) is 14.1. The molecule has 4 aromatic rings. The Balaban J connectivity index is 0.000000194. The van der Waals surface area contributed by atoms with Crippen molar-refractivity contribution in [1.82, 2.24) is 9.13 Å². The molecule has 0 saturated heterocycles. The molecule has 6 rings (SSSR count). The number of ketones is 2. The maximum atomic E-state index is 12.4. The number of ether oxygens (including phenoxy) is 1. The van der Waals surface area contributed by atoms with Crippen LogP contribution in [0.5, 0.6) is 0 Å². The highest BCUT2D eigenvalue weighted by Crippen LogP contribution is 2.33. The number of benzene rings is 2. The molecular formula is C37H36ClF3N2O5. The van der Waals surface area contributed by atoms with E-state index in [1.807, 2.05) is 31.3 Å². The molecule has 0 fully saturated rings. The van der Waals surface area contributed by atoms with Crippen LogP contribution in [0.2, 0.25) is 5.02 Å². The van der Waals surface area contributed by atoms with Gasteiger partial charge in [-0.05, 0) is 101 Å². The van der Waals surface area contributed by atoms with Crippen LogP contribution in [0.1, 0.15) is 51.8 Å². The minimum atomic E-state index is -4.40. The summed E-state index contributed by atoms with van der Waals surface area (Å²) in [5.41, 5.74) is 9.15. The molecule has 11 heteroatoms. The number of Topliss-reactive ketones (excluding diaryl/α,β-unsaturated/α-hetero) is 2. The highest BCUT2D eigenvalue weighted by atomic mass is 35.5. The second-order valence-electron chi connectivity index (χ2n) is 12.6. The topological polar surface area (TPSA) is 87.4 Å². The van der Waals surface area contributed by atoms with E-state index in [1.165, 1.54) is 4.57 Å². The molecule has 2 aliphatic carbocycles. The molecule has 0 spiro atoms. The van der Waals surface area contributed by atoms with Gasteiger partial charge in [0.15, 0.2) is 0 Å². The average molecular weight is 681 g/mol. The number of aromatic nitrogens is 2. The van der Waals surface area contributed by atoms with Gasteiger partial charge in [0, 0.05) is 68.3 Å². The van der Waals surface area contributed by atoms with Crippen molar-refractivity contribution in [2.24, 2.45) is 14.1 Å². The lowest BCUT2D eigenvalue weighted by molar-refractivity contribution is -0.176. The fourth-order valence-electron chi connectivity index (χ4n) is 6.29. The van der Waals surface area contributed by atoms with Crippen molar-refractivity contribution >= 4 is 23.2 Å². The van der Waals surface area contributed by atoms with Crippen molar-refractivity contribution < 1.29 is 27.5 Å². The third-order valence-electron chi connectivity index (χ3n) is 8.73. The number of carbonyl (C=O) groups excluding carboxylic acids is 2. The zero-order valence-corrected chi connectivity index (χ0v) is 28.0. The Hall–Kier alpha value is -4.28. The van der Waals surface area contributed by atoms with E-state index in [2.05, 4.69) is 6.07 Å². The lowest BCUT2D eigenvalue weighted by Gasteiger charge is -2.21. The van der Waals surface area contributed by atoms with E-state index < -0.39 is 12.8 Å². The number of carbonyl (C=O) groups is 2. The van der Waals surface area contributed by atoms with Crippen molar-refractivity contribution in [3.05, 3.63) is 113 Å². The number of halogens is 4. The molecule has 2 aromatic carbocycles. The van der Waals surface area contributed by atoms with Gasteiger partial charge in [-0.1, -0.05) is 23.7 Å². The van der Waals surface area contributed by atoms with Crippen LogP contribution in [0.25, 0.3) is 22.3 Å². The van der Waals surface area contributed by atoms with E-state index in [-0.39, 0.29) is 35.7 Å². The first kappa shape index (κ1) is 35.0. The maximum Gasteiger partial charge on any atom is 0.411 e. The van der Waals surface area contributed by atoms with Gasteiger partial charge in [0.25, 0.3) is 11.1 Å². The highest BCUT2D eigenvalue weighted by Gasteiger charge is 2.28. The minimum absolute atomic E-state index is 0.00778. The molecule has 0 radical (unpaired) electrons. The van der Waals surface area contributed by atoms with Gasteiger partial charge in [-0.2, -0.15) is 13.2 Å². The third-order valence-corrected chi connectivity index (χ3v) is 9.07. The van der Waals surface area contributed by atoms with Gasteiger partial charge >= 0.3 is 6.18 Å². The Morgan fingerprint density at radius 3 is 1.67 bits per heavy atom. The monoisotopic (exact) mass is 680 g/mol. The van der Waals surface area contributed by atoms with Crippen LogP contribution in [0.4, 0.5) is 13.2 Å². The number of hydrogen-bond acceptors (Lipinski definition) is 5. The number of fused-ring (bicyclic) bond motifs is 2. The number of nitrogens with zero attached hydrogens (tertiary/aromatic N) is 2. The molecular weight excluding hydrogens is 645 g/mol. The van der Waals surface area contributed by atoms with Crippen molar-refractivity contribution in [3.8, 4) is 22.3 Å². The molecule has 0 amide bonds. The zero-order chi connectivity index (χ0) is 34.9. The Morgan fingerprint density at radius 1 is 0.688 bits per heavy atom. The van der Waals surface area contributed by atoms with Crippen LogP contribution in [0.3, 0.4) is 0 Å². The molecule has 2 heterocycles. The lowest BCUT2D eigenvalue weighted by Crippen LogP contribution is -2.20. The van der Waals surface area contributed by atoms with Gasteiger partial charge in [-0.15, -0.1) is 0 Å². The molecule has 2 aromatic heterocycles. The van der Waals surface area contributed by atoms with E-state index in [4.69, 9.17) is 16.3 Å². The molecule has 48 heavy (non-hydrogen) atoms. The quantitative estimate of drug-likeness (QED) is 0.238. The molecule has 0 saturated carbocycles. The number of alkyl halides is 3. The average Bonchev–Trinajstić information content (AvgIpc) is 3.02. The summed E-state index contributed by atoms with van der Waals surface area (Å²) in [6, 6.07) is 11.3. The molecule has 2 aliphatic rings. The smallest absolute Gasteiger partial charge is 0.367 e. The number of aryl methyl sites for hydroxylation is 6. The van der Waals surface area contributed by atoms with Gasteiger partial charge in [0.2, 0.25) is 0 Å². The van der Waals surface area contributed by atoms with Crippen molar-refractivity contribution in [2.45, 2.75) is 65.2 Å². The number of hydrogen-bond donors (Lipinski definition) is 0. The molecule has 7 nitrogen and oxygen atoms in total. The summed E-state index contributed by atoms with van der Waals surface area (Å²) >= 11 is 6.35. The molecule has 0 unspecified atom stereocenters. The van der Waals surface area contributed by atoms with E-state index in [9.17, 15) is 32.3 Å². The molecule has 0 N–H and O–H groups in total. The fourth-order valence-corrected chi connectivity index (χ4v) is 6.60. The van der Waals surface area contributed by atoms with Crippen molar-refractivity contribution in [1.29, 1.82) is 0 Å². The summed E-state index contributed by atoms with van der Waals surface area (Å²) < 4.78 is 45.2. The zero-order valence-electron chi connectivity index (χ0n) is 27.2. The number of pyridine rings is 2.